The van der Waals surface area contributed by atoms with Crippen LogP contribution in [0.4, 0.5) is 0 Å². The number of piperazine rings is 1. The molecule has 4 rings (SSSR count). The number of halogens is 1. The van der Waals surface area contributed by atoms with Crippen LogP contribution in [0.3, 0.4) is 0 Å². The van der Waals surface area contributed by atoms with Crippen LogP contribution in [0.15, 0.2) is 91.0 Å². The van der Waals surface area contributed by atoms with Crippen LogP contribution in [0.5, 0.6) is 0 Å². The van der Waals surface area contributed by atoms with Crippen molar-refractivity contribution in [2.75, 3.05) is 26.2 Å². The summed E-state index contributed by atoms with van der Waals surface area (Å²) in [5, 5.41) is 3.88. The third-order valence-corrected chi connectivity index (χ3v) is 6.45. The fourth-order valence-electron chi connectivity index (χ4n) is 4.07. The number of hydrogen-bond acceptors (Lipinski definition) is 3. The van der Waals surface area contributed by atoms with Gasteiger partial charge in [0.15, 0.2) is 5.11 Å². The molecular weight excluding hydrogens is 450 g/mol. The second-order valence-corrected chi connectivity index (χ2v) is 8.69. The fourth-order valence-corrected chi connectivity index (χ4v) is 4.55. The molecule has 3 aromatic carbocycles. The molecule has 1 saturated heterocycles. The molecule has 0 aromatic heterocycles. The Hall–Kier alpha value is -2.99. The molecule has 0 radical (unpaired) electrons. The topological polar surface area (TPSA) is 35.6 Å². The Morgan fingerprint density at radius 3 is 1.97 bits per heavy atom. The highest BCUT2D eigenvalue weighted by Gasteiger charge is 2.27. The van der Waals surface area contributed by atoms with E-state index in [2.05, 4.69) is 63.6 Å². The van der Waals surface area contributed by atoms with Crippen LogP contribution in [0.25, 0.3) is 6.08 Å². The summed E-state index contributed by atoms with van der Waals surface area (Å²) in [6.45, 7) is 3.20. The molecule has 6 heteroatoms. The van der Waals surface area contributed by atoms with Crippen LogP contribution in [-0.2, 0) is 4.79 Å². The summed E-state index contributed by atoms with van der Waals surface area (Å²) in [6, 6.07) is 28.7. The van der Waals surface area contributed by atoms with Gasteiger partial charge in [-0.05, 0) is 41.1 Å². The molecule has 1 amide bonds. The number of nitrogens with one attached hydrogen (secondary N) is 1. The van der Waals surface area contributed by atoms with E-state index >= 15 is 0 Å². The predicted octanol–water partition coefficient (Wildman–Crippen LogP) is 5.16. The SMILES string of the molecule is O=C(/C=C/c1ccccc1Cl)NC(=S)N1CCN(C(c2ccccc2)c2ccccc2)CC1. The summed E-state index contributed by atoms with van der Waals surface area (Å²) in [4.78, 5) is 16.9. The standard InChI is InChI=1S/C27H26ClN3OS/c28-24-14-8-7-9-21(24)15-16-25(32)29-27(33)31-19-17-30(18-20-31)26(22-10-3-1-4-11-22)23-12-5-2-6-13-23/h1-16,26H,17-20H2,(H,29,32,33)/b16-15+. The zero-order chi connectivity index (χ0) is 23.0. The first-order valence-corrected chi connectivity index (χ1v) is 11.8. The van der Waals surface area contributed by atoms with Crippen molar-refractivity contribution < 1.29 is 4.79 Å². The number of rotatable bonds is 5. The van der Waals surface area contributed by atoms with Crippen molar-refractivity contribution >= 4 is 40.9 Å². The Kier molecular flexibility index (Phi) is 7.89. The second kappa shape index (κ2) is 11.2. The molecule has 0 atom stereocenters. The Morgan fingerprint density at radius 1 is 0.848 bits per heavy atom. The van der Waals surface area contributed by atoms with Crippen LogP contribution in [0.1, 0.15) is 22.7 Å². The third kappa shape index (κ3) is 6.08. The summed E-state index contributed by atoms with van der Waals surface area (Å²) in [5.74, 6) is -0.256. The van der Waals surface area contributed by atoms with Gasteiger partial charge in [-0.25, -0.2) is 0 Å². The van der Waals surface area contributed by atoms with E-state index in [4.69, 9.17) is 23.8 Å². The molecule has 1 aliphatic heterocycles. The van der Waals surface area contributed by atoms with Gasteiger partial charge < -0.3 is 4.90 Å². The van der Waals surface area contributed by atoms with Crippen molar-refractivity contribution in [2.24, 2.45) is 0 Å². The van der Waals surface area contributed by atoms with E-state index in [0.29, 0.717) is 10.1 Å². The van der Waals surface area contributed by atoms with Gasteiger partial charge in [-0.1, -0.05) is 90.5 Å². The number of nitrogens with zero attached hydrogens (tertiary/aromatic N) is 2. The van der Waals surface area contributed by atoms with E-state index in [-0.39, 0.29) is 11.9 Å². The molecule has 1 fully saturated rings. The van der Waals surface area contributed by atoms with Crippen LogP contribution in [0.2, 0.25) is 5.02 Å². The van der Waals surface area contributed by atoms with Gasteiger partial charge in [0.2, 0.25) is 5.91 Å². The molecule has 1 heterocycles. The van der Waals surface area contributed by atoms with E-state index < -0.39 is 0 Å². The van der Waals surface area contributed by atoms with Crippen molar-refractivity contribution in [2.45, 2.75) is 6.04 Å². The van der Waals surface area contributed by atoms with Gasteiger partial charge in [0.1, 0.15) is 0 Å². The highest BCUT2D eigenvalue weighted by atomic mass is 35.5. The smallest absolute Gasteiger partial charge is 0.250 e. The van der Waals surface area contributed by atoms with Gasteiger partial charge >= 0.3 is 0 Å². The average Bonchev–Trinajstić information content (AvgIpc) is 2.85. The minimum Gasteiger partial charge on any atom is -0.346 e. The van der Waals surface area contributed by atoms with Gasteiger partial charge in [0, 0.05) is 37.3 Å². The number of benzene rings is 3. The minimum atomic E-state index is -0.256. The van der Waals surface area contributed by atoms with Crippen molar-refractivity contribution in [3.63, 3.8) is 0 Å². The summed E-state index contributed by atoms with van der Waals surface area (Å²) in [5.41, 5.74) is 3.34. The first-order valence-electron chi connectivity index (χ1n) is 11.0. The molecule has 0 aliphatic carbocycles. The Morgan fingerprint density at radius 2 is 1.39 bits per heavy atom. The lowest BCUT2D eigenvalue weighted by Crippen LogP contribution is -2.53. The predicted molar refractivity (Wildman–Crippen MR) is 139 cm³/mol. The Bertz CT molecular complexity index is 1070. The summed E-state index contributed by atoms with van der Waals surface area (Å²) >= 11 is 11.7. The number of hydrogen-bond donors (Lipinski definition) is 1. The fraction of sp³-hybridized carbons (Fsp3) is 0.185. The summed E-state index contributed by atoms with van der Waals surface area (Å²) < 4.78 is 0. The maximum Gasteiger partial charge on any atom is 0.250 e. The summed E-state index contributed by atoms with van der Waals surface area (Å²) in [7, 11) is 0. The summed E-state index contributed by atoms with van der Waals surface area (Å²) in [6.07, 6.45) is 3.16. The monoisotopic (exact) mass is 475 g/mol. The lowest BCUT2D eigenvalue weighted by Gasteiger charge is -2.40. The first-order chi connectivity index (χ1) is 16.1. The van der Waals surface area contributed by atoms with Gasteiger partial charge in [-0.15, -0.1) is 0 Å². The Labute approximate surface area is 205 Å². The minimum absolute atomic E-state index is 0.191. The van der Waals surface area contributed by atoms with Crippen molar-refractivity contribution in [3.05, 3.63) is 113 Å². The number of amides is 1. The molecule has 4 nitrogen and oxygen atoms in total. The largest absolute Gasteiger partial charge is 0.346 e. The maximum atomic E-state index is 12.4. The quantitative estimate of drug-likeness (QED) is 0.408. The molecule has 3 aromatic rings. The van der Waals surface area contributed by atoms with Crippen LogP contribution >= 0.6 is 23.8 Å². The number of thiocarbonyl (C=S) groups is 1. The molecule has 1 N–H and O–H groups in total. The van der Waals surface area contributed by atoms with E-state index in [1.165, 1.54) is 17.2 Å². The zero-order valence-electron chi connectivity index (χ0n) is 18.2. The Balaban J connectivity index is 1.37. The van der Waals surface area contributed by atoms with E-state index in [1.54, 1.807) is 12.1 Å². The van der Waals surface area contributed by atoms with E-state index in [1.807, 2.05) is 30.3 Å². The van der Waals surface area contributed by atoms with E-state index in [9.17, 15) is 4.79 Å². The highest BCUT2D eigenvalue weighted by molar-refractivity contribution is 7.80. The van der Waals surface area contributed by atoms with Gasteiger partial charge in [0.25, 0.3) is 0 Å². The normalized spacial score (nSPS) is 14.5. The molecular formula is C27H26ClN3OS. The molecule has 0 saturated carbocycles. The second-order valence-electron chi connectivity index (χ2n) is 7.90. The van der Waals surface area contributed by atoms with Crippen molar-refractivity contribution in [1.82, 2.24) is 15.1 Å². The van der Waals surface area contributed by atoms with Gasteiger partial charge in [0.05, 0.1) is 6.04 Å². The lowest BCUT2D eigenvalue weighted by atomic mass is 9.96. The first kappa shape index (κ1) is 23.2. The number of carbonyl (C=O) groups excluding carboxylic acids is 1. The maximum absolute atomic E-state index is 12.4. The molecule has 0 bridgehead atoms. The molecule has 0 spiro atoms. The third-order valence-electron chi connectivity index (χ3n) is 5.75. The molecule has 33 heavy (non-hydrogen) atoms. The average molecular weight is 476 g/mol. The van der Waals surface area contributed by atoms with Gasteiger partial charge in [-0.2, -0.15) is 0 Å². The van der Waals surface area contributed by atoms with Crippen molar-refractivity contribution in [3.8, 4) is 0 Å². The van der Waals surface area contributed by atoms with Gasteiger partial charge in [-0.3, -0.25) is 15.0 Å². The van der Waals surface area contributed by atoms with Crippen molar-refractivity contribution in [1.29, 1.82) is 0 Å². The van der Waals surface area contributed by atoms with Crippen LogP contribution in [-0.4, -0.2) is 47.0 Å². The van der Waals surface area contributed by atoms with E-state index in [0.717, 1.165) is 31.7 Å². The lowest BCUT2D eigenvalue weighted by molar-refractivity contribution is -0.115. The highest BCUT2D eigenvalue weighted by Crippen LogP contribution is 2.29. The molecule has 1 aliphatic rings. The van der Waals surface area contributed by atoms with Crippen LogP contribution < -0.4 is 5.32 Å². The number of carbonyl (C=O) groups is 1. The van der Waals surface area contributed by atoms with Crippen LogP contribution in [0, 0.1) is 0 Å². The molecule has 0 unspecified atom stereocenters. The zero-order valence-corrected chi connectivity index (χ0v) is 19.8. The molecule has 168 valence electrons.